The van der Waals surface area contributed by atoms with Crippen LogP contribution in [0, 0.1) is 31.0 Å². The van der Waals surface area contributed by atoms with Gasteiger partial charge in [-0.25, -0.2) is 24.3 Å². The number of benzene rings is 1. The Morgan fingerprint density at radius 3 is 2.50 bits per heavy atom. The molecule has 1 atom stereocenters. The first-order chi connectivity index (χ1) is 20.4. The Labute approximate surface area is 246 Å². The number of carbonyl (C=O) groups excluding carboxylic acids is 1. The van der Waals surface area contributed by atoms with Crippen LogP contribution in [0.2, 0.25) is 0 Å². The van der Waals surface area contributed by atoms with Crippen LogP contribution >= 0.6 is 0 Å². The minimum atomic E-state index is -0.478. The molecule has 4 heterocycles. The lowest BCUT2D eigenvalue weighted by Gasteiger charge is -2.46. The molecule has 0 radical (unpaired) electrons. The summed E-state index contributed by atoms with van der Waals surface area (Å²) >= 11 is 0. The van der Waals surface area contributed by atoms with Crippen LogP contribution in [0.4, 0.5) is 15.9 Å². The first-order valence-electron chi connectivity index (χ1n) is 15.2. The fraction of sp³-hybridized carbons (Fsp3) is 0.531. The van der Waals surface area contributed by atoms with Crippen LogP contribution in [0.5, 0.6) is 11.5 Å². The standard InChI is InChI=1S/C32H40FN7O2/c1-22-30(23(2)36-21-35-22)38-27-5-8-32(9-6-27)10-13-39(14-11-32)17-24-7-12-40(18-24)31-29(16-34-20-37-31)42-28-4-3-26(33)15-25(28)19-41/h3-4,15-16,19-21,24,27,38H,5-14,17-18H2,1-2H3. The molecule has 2 aliphatic heterocycles. The van der Waals surface area contributed by atoms with Crippen LogP contribution in [0.3, 0.4) is 0 Å². The van der Waals surface area contributed by atoms with Gasteiger partial charge in [-0.05, 0) is 101 Å². The number of anilines is 2. The number of hydrogen-bond donors (Lipinski definition) is 1. The van der Waals surface area contributed by atoms with Crippen LogP contribution in [-0.2, 0) is 0 Å². The Bertz CT molecular complexity index is 1380. The second kappa shape index (κ2) is 12.3. The van der Waals surface area contributed by atoms with E-state index in [1.54, 1.807) is 12.5 Å². The Morgan fingerprint density at radius 1 is 1.00 bits per heavy atom. The van der Waals surface area contributed by atoms with E-state index in [-0.39, 0.29) is 5.56 Å². The van der Waals surface area contributed by atoms with Crippen molar-refractivity contribution in [3.63, 3.8) is 0 Å². The number of ether oxygens (including phenoxy) is 1. The van der Waals surface area contributed by atoms with E-state index in [2.05, 4.69) is 48.9 Å². The van der Waals surface area contributed by atoms with Crippen LogP contribution in [-0.4, -0.2) is 69.9 Å². The average molecular weight is 574 g/mol. The van der Waals surface area contributed by atoms with Crippen molar-refractivity contribution in [2.45, 2.75) is 64.8 Å². The molecule has 3 aromatic rings. The quantitative estimate of drug-likeness (QED) is 0.346. The molecule has 2 saturated heterocycles. The summed E-state index contributed by atoms with van der Waals surface area (Å²) in [7, 11) is 0. The molecular weight excluding hydrogens is 533 g/mol. The first kappa shape index (κ1) is 28.5. The van der Waals surface area contributed by atoms with E-state index in [9.17, 15) is 9.18 Å². The van der Waals surface area contributed by atoms with E-state index < -0.39 is 5.82 Å². The molecular formula is C32H40FN7O2. The summed E-state index contributed by atoms with van der Waals surface area (Å²) in [6, 6.07) is 4.43. The van der Waals surface area contributed by atoms with Crippen molar-refractivity contribution >= 4 is 17.8 Å². The van der Waals surface area contributed by atoms with Gasteiger partial charge in [-0.3, -0.25) is 4.79 Å². The predicted octanol–water partition coefficient (Wildman–Crippen LogP) is 5.59. The van der Waals surface area contributed by atoms with Gasteiger partial charge in [0, 0.05) is 25.7 Å². The minimum Gasteiger partial charge on any atom is -0.451 e. The molecule has 42 heavy (non-hydrogen) atoms. The van der Waals surface area contributed by atoms with Crippen LogP contribution in [0.1, 0.15) is 66.7 Å². The van der Waals surface area contributed by atoms with Gasteiger partial charge in [-0.2, -0.15) is 0 Å². The highest BCUT2D eigenvalue weighted by Gasteiger charge is 2.39. The number of likely N-dealkylation sites (tertiary alicyclic amines) is 1. The van der Waals surface area contributed by atoms with Gasteiger partial charge in [-0.15, -0.1) is 0 Å². The number of aryl methyl sites for hydroxylation is 2. The number of piperidine rings is 1. The fourth-order valence-corrected chi connectivity index (χ4v) is 7.07. The molecule has 1 spiro atoms. The molecule has 1 aromatic carbocycles. The number of aromatic nitrogens is 4. The third-order valence-electron chi connectivity index (χ3n) is 9.62. The van der Waals surface area contributed by atoms with Crippen molar-refractivity contribution < 1.29 is 13.9 Å². The highest BCUT2D eigenvalue weighted by molar-refractivity contribution is 5.79. The smallest absolute Gasteiger partial charge is 0.188 e. The Morgan fingerprint density at radius 2 is 1.76 bits per heavy atom. The lowest BCUT2D eigenvalue weighted by atomic mass is 9.67. The molecule has 0 bridgehead atoms. The average Bonchev–Trinajstić information content (AvgIpc) is 3.47. The zero-order chi connectivity index (χ0) is 29.1. The van der Waals surface area contributed by atoms with E-state index in [0.29, 0.717) is 41.0 Å². The van der Waals surface area contributed by atoms with Gasteiger partial charge >= 0.3 is 0 Å². The molecule has 1 saturated carbocycles. The summed E-state index contributed by atoms with van der Waals surface area (Å²) in [4.78, 5) is 33.7. The minimum absolute atomic E-state index is 0.160. The zero-order valence-corrected chi connectivity index (χ0v) is 24.6. The maximum atomic E-state index is 13.6. The van der Waals surface area contributed by atoms with E-state index in [4.69, 9.17) is 4.74 Å². The highest BCUT2D eigenvalue weighted by atomic mass is 19.1. The molecule has 1 aliphatic carbocycles. The van der Waals surface area contributed by atoms with Crippen molar-refractivity contribution in [3.8, 4) is 11.5 Å². The van der Waals surface area contributed by atoms with Gasteiger partial charge in [0.1, 0.15) is 24.2 Å². The lowest BCUT2D eigenvalue weighted by molar-refractivity contribution is 0.0584. The molecule has 1 N–H and O–H groups in total. The topological polar surface area (TPSA) is 96.4 Å². The van der Waals surface area contributed by atoms with Gasteiger partial charge < -0.3 is 19.9 Å². The molecule has 10 heteroatoms. The summed E-state index contributed by atoms with van der Waals surface area (Å²) in [5.41, 5.74) is 3.82. The molecule has 1 unspecified atom stereocenters. The van der Waals surface area contributed by atoms with E-state index in [1.165, 1.54) is 76.1 Å². The zero-order valence-electron chi connectivity index (χ0n) is 24.6. The van der Waals surface area contributed by atoms with E-state index >= 15 is 0 Å². The van der Waals surface area contributed by atoms with Gasteiger partial charge in [0.05, 0.1) is 28.8 Å². The molecule has 222 valence electrons. The maximum Gasteiger partial charge on any atom is 0.188 e. The number of halogens is 1. The fourth-order valence-electron chi connectivity index (χ4n) is 7.07. The number of nitrogens with zero attached hydrogens (tertiary/aromatic N) is 6. The molecule has 3 fully saturated rings. The summed E-state index contributed by atoms with van der Waals surface area (Å²) < 4.78 is 19.6. The third-order valence-corrected chi connectivity index (χ3v) is 9.62. The van der Waals surface area contributed by atoms with Crippen LogP contribution < -0.4 is 15.0 Å². The van der Waals surface area contributed by atoms with Crippen molar-refractivity contribution in [1.29, 1.82) is 0 Å². The lowest BCUT2D eigenvalue weighted by Crippen LogP contribution is -2.45. The van der Waals surface area contributed by atoms with E-state index in [1.807, 2.05) is 0 Å². The molecule has 3 aliphatic rings. The SMILES string of the molecule is Cc1ncnc(C)c1NC1CCC2(CC1)CCN(CC1CCN(c3ncncc3Oc3ccc(F)cc3C=O)C1)CC2. The third kappa shape index (κ3) is 6.23. The largest absolute Gasteiger partial charge is 0.451 e. The Kier molecular flexibility index (Phi) is 8.33. The highest BCUT2D eigenvalue weighted by Crippen LogP contribution is 2.45. The van der Waals surface area contributed by atoms with Crippen molar-refractivity contribution in [2.75, 3.05) is 42.9 Å². The normalized spacial score (nSPS) is 21.0. The maximum absolute atomic E-state index is 13.6. The van der Waals surface area contributed by atoms with Crippen LogP contribution in [0.15, 0.2) is 37.1 Å². The monoisotopic (exact) mass is 573 g/mol. The summed E-state index contributed by atoms with van der Waals surface area (Å²) in [6.45, 7) is 9.32. The molecule has 9 nitrogen and oxygen atoms in total. The Balaban J connectivity index is 0.995. The number of aldehydes is 1. The molecule has 0 amide bonds. The second-order valence-corrected chi connectivity index (χ2v) is 12.4. The van der Waals surface area contributed by atoms with Gasteiger partial charge in [0.2, 0.25) is 0 Å². The van der Waals surface area contributed by atoms with Gasteiger partial charge in [-0.1, -0.05) is 0 Å². The van der Waals surface area contributed by atoms with Crippen molar-refractivity contribution in [1.82, 2.24) is 24.8 Å². The predicted molar refractivity (Wildman–Crippen MR) is 160 cm³/mol. The molecule has 6 rings (SSSR count). The summed E-state index contributed by atoms with van der Waals surface area (Å²) in [5.74, 6) is 1.56. The van der Waals surface area contributed by atoms with E-state index in [0.717, 1.165) is 43.1 Å². The number of hydrogen-bond acceptors (Lipinski definition) is 9. The van der Waals surface area contributed by atoms with Gasteiger partial charge in [0.25, 0.3) is 0 Å². The van der Waals surface area contributed by atoms with Crippen molar-refractivity contribution in [3.05, 3.63) is 59.8 Å². The number of nitrogens with one attached hydrogen (secondary N) is 1. The number of rotatable bonds is 8. The van der Waals surface area contributed by atoms with Crippen LogP contribution in [0.25, 0.3) is 0 Å². The first-order valence-corrected chi connectivity index (χ1v) is 15.2. The summed E-state index contributed by atoms with van der Waals surface area (Å²) in [5, 5.41) is 3.75. The molecule has 2 aromatic heterocycles. The van der Waals surface area contributed by atoms with Gasteiger partial charge in [0.15, 0.2) is 17.9 Å². The second-order valence-electron chi connectivity index (χ2n) is 12.4. The summed E-state index contributed by atoms with van der Waals surface area (Å²) in [6.07, 6.45) is 14.0. The number of carbonyl (C=O) groups is 1. The van der Waals surface area contributed by atoms with Crippen molar-refractivity contribution in [2.24, 2.45) is 11.3 Å². The Hall–Kier alpha value is -3.66.